The minimum absolute atomic E-state index is 0.835. The van der Waals surface area contributed by atoms with Crippen LogP contribution in [0.15, 0.2) is 50.8 Å². The third-order valence-corrected chi connectivity index (χ3v) is 5.31. The second kappa shape index (κ2) is 7.47. The first-order chi connectivity index (χ1) is 10.3. The fourth-order valence-corrected chi connectivity index (χ4v) is 3.72. The van der Waals surface area contributed by atoms with E-state index in [9.17, 15) is 0 Å². The summed E-state index contributed by atoms with van der Waals surface area (Å²) >= 11 is 5.29. The molecule has 21 heavy (non-hydrogen) atoms. The van der Waals surface area contributed by atoms with Crippen molar-refractivity contribution in [1.29, 1.82) is 0 Å². The molecule has 2 aliphatic heterocycles. The number of hydrogen-bond donors (Lipinski definition) is 0. The van der Waals surface area contributed by atoms with Crippen LogP contribution in [0.2, 0.25) is 0 Å². The number of aliphatic imine (C=N–C) groups is 1. The van der Waals surface area contributed by atoms with E-state index < -0.39 is 0 Å². The number of thioether (sulfide) groups is 1. The summed E-state index contributed by atoms with van der Waals surface area (Å²) < 4.78 is 1.18. The van der Waals surface area contributed by atoms with Gasteiger partial charge in [0.05, 0.1) is 6.54 Å². The Morgan fingerprint density at radius 1 is 1.14 bits per heavy atom. The normalized spacial score (nSPS) is 23.5. The third-order valence-electron chi connectivity index (χ3n) is 3.80. The van der Waals surface area contributed by atoms with E-state index in [1.165, 1.54) is 15.2 Å². The van der Waals surface area contributed by atoms with Crippen LogP contribution in [0.25, 0.3) is 0 Å². The highest BCUT2D eigenvalue weighted by Gasteiger charge is 2.20. The monoisotopic (exact) mass is 365 g/mol. The number of allylic oxidation sites excluding steroid dienone is 4. The first-order valence-corrected chi connectivity index (χ1v) is 9.05. The second-order valence-corrected chi connectivity index (χ2v) is 7.10. The van der Waals surface area contributed by atoms with E-state index in [-0.39, 0.29) is 0 Å². The molecule has 1 aliphatic carbocycles. The molecule has 2 heterocycles. The summed E-state index contributed by atoms with van der Waals surface area (Å²) in [6, 6.07) is 0. The largest absolute Gasteiger partial charge is 0.349 e. The maximum atomic E-state index is 4.58. The lowest BCUT2D eigenvalue weighted by atomic mass is 10.2. The van der Waals surface area contributed by atoms with E-state index in [0.29, 0.717) is 0 Å². The summed E-state index contributed by atoms with van der Waals surface area (Å²) in [5.74, 6) is 0. The van der Waals surface area contributed by atoms with Gasteiger partial charge in [-0.05, 0) is 23.5 Å². The lowest BCUT2D eigenvalue weighted by molar-refractivity contribution is 0.197. The Balaban J connectivity index is 1.49. The molecule has 3 nitrogen and oxygen atoms in total. The first-order valence-electron chi connectivity index (χ1n) is 7.37. The molecule has 0 unspecified atom stereocenters. The van der Waals surface area contributed by atoms with Crippen molar-refractivity contribution in [1.82, 2.24) is 9.80 Å². The van der Waals surface area contributed by atoms with Crippen molar-refractivity contribution in [2.45, 2.75) is 6.42 Å². The average molecular weight is 366 g/mol. The smallest absolute Gasteiger partial charge is 0.163 e. The van der Waals surface area contributed by atoms with E-state index in [0.717, 1.165) is 45.7 Å². The number of amidine groups is 1. The maximum Gasteiger partial charge on any atom is 0.163 e. The van der Waals surface area contributed by atoms with Gasteiger partial charge in [-0.15, -0.1) is 0 Å². The molecular weight excluding hydrogens is 346 g/mol. The van der Waals surface area contributed by atoms with E-state index in [4.69, 9.17) is 0 Å². The molecule has 0 aromatic rings. The quantitative estimate of drug-likeness (QED) is 0.747. The molecular formula is C16H20BrN3S. The Labute approximate surface area is 139 Å². The van der Waals surface area contributed by atoms with E-state index >= 15 is 0 Å². The minimum atomic E-state index is 0.835. The van der Waals surface area contributed by atoms with Crippen LogP contribution in [-0.4, -0.2) is 54.2 Å². The van der Waals surface area contributed by atoms with Crippen LogP contribution in [0.3, 0.4) is 0 Å². The molecule has 0 atom stereocenters. The van der Waals surface area contributed by atoms with Crippen LogP contribution >= 0.6 is 27.7 Å². The van der Waals surface area contributed by atoms with Gasteiger partial charge >= 0.3 is 0 Å². The molecule has 0 radical (unpaired) electrons. The van der Waals surface area contributed by atoms with Crippen molar-refractivity contribution >= 4 is 32.9 Å². The van der Waals surface area contributed by atoms with Gasteiger partial charge in [0.2, 0.25) is 0 Å². The fraction of sp³-hybridized carbons (Fsp3) is 0.438. The molecule has 1 fully saturated rings. The van der Waals surface area contributed by atoms with Crippen molar-refractivity contribution in [3.8, 4) is 0 Å². The molecule has 0 aromatic heterocycles. The van der Waals surface area contributed by atoms with E-state index in [1.54, 1.807) is 11.8 Å². The van der Waals surface area contributed by atoms with Crippen molar-refractivity contribution in [2.75, 3.05) is 39.3 Å². The van der Waals surface area contributed by atoms with Gasteiger partial charge in [-0.2, -0.15) is 0 Å². The zero-order valence-corrected chi connectivity index (χ0v) is 14.4. The van der Waals surface area contributed by atoms with Crippen LogP contribution in [0.5, 0.6) is 0 Å². The standard InChI is InChI=1S/C16H20BrN3S/c17-15-4-1-3-14(5-6-15)13-19-8-10-20(11-9-19)16-18-7-2-12-21-16/h2-6,12H,1,7-11,13H2. The summed E-state index contributed by atoms with van der Waals surface area (Å²) in [5.41, 5.74) is 1.42. The highest BCUT2D eigenvalue weighted by molar-refractivity contribution is 9.11. The van der Waals surface area contributed by atoms with Gasteiger partial charge in [-0.3, -0.25) is 9.89 Å². The van der Waals surface area contributed by atoms with Gasteiger partial charge < -0.3 is 4.90 Å². The summed E-state index contributed by atoms with van der Waals surface area (Å²) in [7, 11) is 0. The third kappa shape index (κ3) is 4.34. The molecule has 3 rings (SSSR count). The fourth-order valence-electron chi connectivity index (χ4n) is 2.61. The summed E-state index contributed by atoms with van der Waals surface area (Å²) in [6.45, 7) is 6.28. The summed E-state index contributed by atoms with van der Waals surface area (Å²) in [4.78, 5) is 9.53. The lowest BCUT2D eigenvalue weighted by Crippen LogP contribution is -2.48. The van der Waals surface area contributed by atoms with Crippen molar-refractivity contribution in [3.05, 3.63) is 45.8 Å². The number of hydrogen-bond acceptors (Lipinski definition) is 4. The summed E-state index contributed by atoms with van der Waals surface area (Å²) in [5, 5.41) is 3.35. The minimum Gasteiger partial charge on any atom is -0.349 e. The van der Waals surface area contributed by atoms with Crippen molar-refractivity contribution in [3.63, 3.8) is 0 Å². The van der Waals surface area contributed by atoms with Crippen molar-refractivity contribution < 1.29 is 0 Å². The van der Waals surface area contributed by atoms with Gasteiger partial charge in [0.1, 0.15) is 0 Å². The molecule has 0 amide bonds. The van der Waals surface area contributed by atoms with Crippen LogP contribution < -0.4 is 0 Å². The zero-order valence-electron chi connectivity index (χ0n) is 12.0. The molecule has 5 heteroatoms. The molecule has 0 N–H and O–H groups in total. The van der Waals surface area contributed by atoms with Gasteiger partial charge in [0.15, 0.2) is 5.17 Å². The van der Waals surface area contributed by atoms with E-state index in [2.05, 4.69) is 66.5 Å². The predicted octanol–water partition coefficient (Wildman–Crippen LogP) is 3.39. The Morgan fingerprint density at radius 3 is 2.76 bits per heavy atom. The Morgan fingerprint density at radius 2 is 2.00 bits per heavy atom. The topological polar surface area (TPSA) is 18.8 Å². The molecule has 0 saturated carbocycles. The highest BCUT2D eigenvalue weighted by Crippen LogP contribution is 2.19. The molecule has 3 aliphatic rings. The van der Waals surface area contributed by atoms with Gasteiger partial charge in [-0.25, -0.2) is 0 Å². The van der Waals surface area contributed by atoms with Crippen LogP contribution in [0, 0.1) is 0 Å². The van der Waals surface area contributed by atoms with Crippen molar-refractivity contribution in [2.24, 2.45) is 4.99 Å². The van der Waals surface area contributed by atoms with Crippen LogP contribution in [0.1, 0.15) is 6.42 Å². The summed E-state index contributed by atoms with van der Waals surface area (Å²) in [6.07, 6.45) is 12.0. The molecule has 112 valence electrons. The number of rotatable bonds is 2. The van der Waals surface area contributed by atoms with E-state index in [1.807, 2.05) is 0 Å². The second-order valence-electron chi connectivity index (χ2n) is 5.31. The average Bonchev–Trinajstić information content (AvgIpc) is 2.74. The molecule has 0 aromatic carbocycles. The molecule has 0 bridgehead atoms. The van der Waals surface area contributed by atoms with Crippen LogP contribution in [0.4, 0.5) is 0 Å². The van der Waals surface area contributed by atoms with Crippen LogP contribution in [-0.2, 0) is 0 Å². The Hall–Kier alpha value is -0.780. The predicted molar refractivity (Wildman–Crippen MR) is 95.9 cm³/mol. The van der Waals surface area contributed by atoms with Gasteiger partial charge in [0.25, 0.3) is 0 Å². The first kappa shape index (κ1) is 15.1. The SMILES string of the molecule is BrC1=CCC=C(CN2CCN(C3=NCC=CS3)CC2)C=C1. The molecule has 1 saturated heterocycles. The number of nitrogens with zero attached hydrogens (tertiary/aromatic N) is 3. The van der Waals surface area contributed by atoms with Gasteiger partial charge in [0, 0.05) is 37.2 Å². The Bertz CT molecular complexity index is 526. The van der Waals surface area contributed by atoms with Gasteiger partial charge in [-0.1, -0.05) is 52.0 Å². The number of halogens is 1. The number of piperazine rings is 1. The zero-order chi connectivity index (χ0) is 14.5. The maximum absolute atomic E-state index is 4.58. The lowest BCUT2D eigenvalue weighted by Gasteiger charge is -2.36. The Kier molecular flexibility index (Phi) is 5.38. The molecule has 0 spiro atoms. The highest BCUT2D eigenvalue weighted by atomic mass is 79.9.